The van der Waals surface area contributed by atoms with E-state index in [4.69, 9.17) is 13.8 Å². The number of hydrogen-bond acceptors (Lipinski definition) is 8. The van der Waals surface area contributed by atoms with E-state index < -0.39 is 16.1 Å². The average Bonchev–Trinajstić information content (AvgIpc) is 3.55. The number of nitrogens with zero attached hydrogens (tertiary/aromatic N) is 2. The Balaban J connectivity index is 0.000000892. The molecule has 3 aromatic rings. The molecule has 0 spiro atoms. The Kier molecular flexibility index (Phi) is 10.9. The second kappa shape index (κ2) is 13.9. The Bertz CT molecular complexity index is 1440. The van der Waals surface area contributed by atoms with Gasteiger partial charge in [-0.05, 0) is 60.9 Å². The van der Waals surface area contributed by atoms with Crippen molar-refractivity contribution < 1.29 is 31.8 Å². The van der Waals surface area contributed by atoms with Crippen molar-refractivity contribution >= 4 is 33.4 Å². The molecule has 1 saturated carbocycles. The van der Waals surface area contributed by atoms with E-state index >= 15 is 0 Å². The van der Waals surface area contributed by atoms with Crippen LogP contribution >= 0.6 is 0 Å². The van der Waals surface area contributed by atoms with E-state index in [1.807, 2.05) is 39.0 Å². The predicted octanol–water partition coefficient (Wildman–Crippen LogP) is 6.14. The van der Waals surface area contributed by atoms with Crippen LogP contribution in [-0.4, -0.2) is 47.3 Å². The first kappa shape index (κ1) is 32.7. The van der Waals surface area contributed by atoms with Crippen molar-refractivity contribution in [2.24, 2.45) is 11.8 Å². The van der Waals surface area contributed by atoms with Crippen LogP contribution in [-0.2, 0) is 22.0 Å². The van der Waals surface area contributed by atoms with E-state index in [-0.39, 0.29) is 23.7 Å². The van der Waals surface area contributed by atoms with Crippen molar-refractivity contribution in [2.75, 3.05) is 16.9 Å². The number of aromatic nitrogens is 2. The van der Waals surface area contributed by atoms with Crippen molar-refractivity contribution in [1.82, 2.24) is 10.1 Å². The molecule has 228 valence electrons. The number of nitrogens with one attached hydrogen (secondary N) is 2. The van der Waals surface area contributed by atoms with Gasteiger partial charge in [0.25, 0.3) is 10.1 Å². The number of pyridine rings is 1. The first-order valence-corrected chi connectivity index (χ1v) is 15.6. The molecule has 0 radical (unpaired) electrons. The third-order valence-electron chi connectivity index (χ3n) is 6.76. The molecule has 1 aliphatic rings. The number of hydrogen-bond donors (Lipinski definition) is 3. The third-order valence-corrected chi connectivity index (χ3v) is 6.76. The minimum atomic E-state index is -3.67. The molecule has 2 amide bonds. The fraction of sp³-hybridized carbons (Fsp3) is 0.467. The van der Waals surface area contributed by atoms with Gasteiger partial charge in [0.1, 0.15) is 17.2 Å². The first-order valence-electron chi connectivity index (χ1n) is 13.8. The van der Waals surface area contributed by atoms with Gasteiger partial charge in [0, 0.05) is 23.6 Å². The lowest BCUT2D eigenvalue weighted by atomic mass is 9.93. The van der Waals surface area contributed by atoms with Crippen LogP contribution in [0.3, 0.4) is 0 Å². The Labute approximate surface area is 247 Å². The van der Waals surface area contributed by atoms with Crippen molar-refractivity contribution in [3.8, 4) is 5.75 Å². The average molecular weight is 601 g/mol. The fourth-order valence-electron chi connectivity index (χ4n) is 4.44. The molecule has 1 unspecified atom stereocenters. The molecule has 1 fully saturated rings. The smallest absolute Gasteiger partial charge is 0.324 e. The van der Waals surface area contributed by atoms with Crippen molar-refractivity contribution in [1.29, 1.82) is 0 Å². The van der Waals surface area contributed by atoms with Crippen molar-refractivity contribution in [2.45, 2.75) is 71.8 Å². The highest BCUT2D eigenvalue weighted by Crippen LogP contribution is 2.33. The van der Waals surface area contributed by atoms with Gasteiger partial charge in [-0.1, -0.05) is 51.9 Å². The molecule has 1 aliphatic carbocycles. The molecule has 11 nitrogen and oxygen atoms in total. The van der Waals surface area contributed by atoms with Crippen LogP contribution in [0.4, 0.5) is 16.3 Å². The zero-order valence-corrected chi connectivity index (χ0v) is 25.7. The molecule has 2 heterocycles. The normalized spacial score (nSPS) is 16.9. The highest BCUT2D eigenvalue weighted by atomic mass is 32.2. The second-order valence-corrected chi connectivity index (χ2v) is 13.3. The van der Waals surface area contributed by atoms with Crippen LogP contribution in [0.25, 0.3) is 0 Å². The summed E-state index contributed by atoms with van der Waals surface area (Å²) in [6.07, 6.45) is 6.13. The topological polar surface area (TPSA) is 161 Å². The summed E-state index contributed by atoms with van der Waals surface area (Å²) >= 11 is 0. The zero-order chi connectivity index (χ0) is 31.1. The van der Waals surface area contributed by atoms with Crippen molar-refractivity contribution in [3.05, 3.63) is 65.7 Å². The Morgan fingerprint density at radius 1 is 1.10 bits per heavy atom. The molecule has 0 bridgehead atoms. The van der Waals surface area contributed by atoms with Gasteiger partial charge in [0.2, 0.25) is 0 Å². The van der Waals surface area contributed by atoms with E-state index in [1.165, 1.54) is 6.42 Å². The van der Waals surface area contributed by atoms with Crippen LogP contribution in [0.15, 0.2) is 53.2 Å². The third kappa shape index (κ3) is 10.9. The van der Waals surface area contributed by atoms with Gasteiger partial charge in [-0.25, -0.2) is 9.78 Å². The fourth-order valence-corrected chi connectivity index (χ4v) is 4.44. The Hall–Kier alpha value is -3.77. The minimum absolute atomic E-state index is 0.0774. The quantitative estimate of drug-likeness (QED) is 0.204. The number of carbonyl (C=O) groups excluding carboxylic acids is 2. The molecule has 2 atom stereocenters. The number of amides is 2. The van der Waals surface area contributed by atoms with E-state index in [1.54, 1.807) is 30.5 Å². The first-order chi connectivity index (χ1) is 19.6. The number of carbonyl (C=O) groups is 2. The number of urea groups is 1. The Morgan fingerprint density at radius 2 is 1.76 bits per heavy atom. The van der Waals surface area contributed by atoms with Gasteiger partial charge in [-0.15, -0.1) is 0 Å². The van der Waals surface area contributed by atoms with Crippen LogP contribution in [0, 0.1) is 11.8 Å². The molecule has 42 heavy (non-hydrogen) atoms. The van der Waals surface area contributed by atoms with Gasteiger partial charge in [-0.2, -0.15) is 8.42 Å². The number of ketones is 1. The summed E-state index contributed by atoms with van der Waals surface area (Å²) in [5.74, 6) is 3.05. The highest BCUT2D eigenvalue weighted by molar-refractivity contribution is 7.85. The largest absolute Gasteiger partial charge is 0.489 e. The number of anilines is 2. The second-order valence-electron chi connectivity index (χ2n) is 11.9. The zero-order valence-electron chi connectivity index (χ0n) is 24.9. The maximum atomic E-state index is 12.7. The number of ether oxygens (including phenoxy) is 1. The monoisotopic (exact) mass is 600 g/mol. The van der Waals surface area contributed by atoms with E-state index in [9.17, 15) is 18.0 Å². The SMILES string of the molecule is CC(C)C1CC[C@H](Oc2ccc(C(=O)Cc3ccc(NC(=O)Nc4cc(C(C)(C)C)on4)cc3)nc2)C1.CS(=O)(=O)O. The van der Waals surface area contributed by atoms with E-state index in [0.717, 1.165) is 18.4 Å². The summed E-state index contributed by atoms with van der Waals surface area (Å²) in [5.41, 5.74) is 1.63. The van der Waals surface area contributed by atoms with Gasteiger partial charge in [0.05, 0.1) is 18.6 Å². The molecular formula is C30H40N4O7S. The highest BCUT2D eigenvalue weighted by Gasteiger charge is 2.28. The summed E-state index contributed by atoms with van der Waals surface area (Å²) in [7, 11) is -3.67. The van der Waals surface area contributed by atoms with E-state index in [0.29, 0.717) is 46.8 Å². The van der Waals surface area contributed by atoms with Crippen molar-refractivity contribution in [3.63, 3.8) is 0 Å². The lowest BCUT2D eigenvalue weighted by Crippen LogP contribution is -2.19. The lowest BCUT2D eigenvalue weighted by Gasteiger charge is -2.16. The number of benzene rings is 1. The lowest BCUT2D eigenvalue weighted by molar-refractivity contribution is 0.0988. The molecule has 0 aliphatic heterocycles. The summed E-state index contributed by atoms with van der Waals surface area (Å²) in [4.78, 5) is 29.4. The summed E-state index contributed by atoms with van der Waals surface area (Å²) in [6.45, 7) is 10.5. The molecule has 1 aromatic carbocycles. The van der Waals surface area contributed by atoms with Crippen LogP contribution in [0.5, 0.6) is 5.75 Å². The molecular weight excluding hydrogens is 560 g/mol. The van der Waals surface area contributed by atoms with Gasteiger partial charge < -0.3 is 14.6 Å². The van der Waals surface area contributed by atoms with Crippen LogP contribution in [0.2, 0.25) is 0 Å². The molecule has 2 aromatic heterocycles. The number of Topliss-reactive ketones (excluding diaryl/α,β-unsaturated/α-hetero) is 1. The van der Waals surface area contributed by atoms with E-state index in [2.05, 4.69) is 34.6 Å². The van der Waals surface area contributed by atoms with Crippen LogP contribution in [0.1, 0.15) is 75.7 Å². The summed E-state index contributed by atoms with van der Waals surface area (Å²) in [6, 6.07) is 12.0. The summed E-state index contributed by atoms with van der Waals surface area (Å²) < 4.78 is 37.2. The maximum Gasteiger partial charge on any atom is 0.324 e. The Morgan fingerprint density at radius 3 is 2.29 bits per heavy atom. The van der Waals surface area contributed by atoms with Crippen LogP contribution < -0.4 is 15.4 Å². The molecule has 3 N–H and O–H groups in total. The standard InChI is InChI=1S/C29H36N4O4.CH4O3S/c1-18(2)20-8-11-22(15-20)36-23-12-13-24(30-17-23)25(34)14-19-6-9-21(10-7-19)31-28(35)32-27-16-26(37-33-27)29(3,4)5;1-5(2,3)4/h6-7,9-10,12-13,16-18,20,22H,8,11,14-15H2,1-5H3,(H2,31,32,33,35);1H3,(H,2,3,4)/t20?,22-;/m0./s1. The van der Waals surface area contributed by atoms with Gasteiger partial charge in [-0.3, -0.25) is 14.7 Å². The van der Waals surface area contributed by atoms with Gasteiger partial charge >= 0.3 is 6.03 Å². The molecule has 12 heteroatoms. The summed E-state index contributed by atoms with van der Waals surface area (Å²) in [5, 5.41) is 9.29. The minimum Gasteiger partial charge on any atom is -0.489 e. The molecule has 4 rings (SSSR count). The molecule has 0 saturated heterocycles. The predicted molar refractivity (Wildman–Crippen MR) is 161 cm³/mol. The van der Waals surface area contributed by atoms with Gasteiger partial charge in [0.15, 0.2) is 11.6 Å². The number of rotatable bonds is 8. The maximum absolute atomic E-state index is 12.7.